The highest BCUT2D eigenvalue weighted by Crippen LogP contribution is 2.16. The van der Waals surface area contributed by atoms with Crippen molar-refractivity contribution in [1.29, 1.82) is 0 Å². The molecule has 2 aromatic carbocycles. The molecule has 1 nitrogen and oxygen atoms in total. The molecule has 0 aliphatic carbocycles. The van der Waals surface area contributed by atoms with E-state index in [4.69, 9.17) is 17.0 Å². The van der Waals surface area contributed by atoms with Crippen molar-refractivity contribution in [3.05, 3.63) is 48.0 Å². The molecule has 0 radical (unpaired) electrons. The Kier molecular flexibility index (Phi) is 2.46. The van der Waals surface area contributed by atoms with Gasteiger partial charge >= 0.3 is 0 Å². The van der Waals surface area contributed by atoms with Gasteiger partial charge in [-0.1, -0.05) is 30.3 Å². The van der Waals surface area contributed by atoms with Gasteiger partial charge in [0.15, 0.2) is 5.05 Å². The molecule has 0 unspecified atom stereocenters. The molecular formula is C12H10OS. The van der Waals surface area contributed by atoms with Gasteiger partial charge in [0.1, 0.15) is 0 Å². The lowest BCUT2D eigenvalue weighted by molar-refractivity contribution is 0.416. The van der Waals surface area contributed by atoms with E-state index in [-0.39, 0.29) is 0 Å². The Hall–Kier alpha value is -1.41. The van der Waals surface area contributed by atoms with Crippen molar-refractivity contribution in [3.8, 4) is 0 Å². The molecule has 0 atom stereocenters. The third-order valence-electron chi connectivity index (χ3n) is 2.17. The van der Waals surface area contributed by atoms with Gasteiger partial charge < -0.3 is 4.74 Å². The van der Waals surface area contributed by atoms with E-state index in [0.29, 0.717) is 5.05 Å². The number of ether oxygens (including phenoxy) is 1. The van der Waals surface area contributed by atoms with Crippen molar-refractivity contribution in [1.82, 2.24) is 0 Å². The van der Waals surface area contributed by atoms with Crippen LogP contribution in [0, 0.1) is 0 Å². The van der Waals surface area contributed by atoms with Crippen LogP contribution in [-0.4, -0.2) is 12.2 Å². The van der Waals surface area contributed by atoms with Crippen LogP contribution >= 0.6 is 12.2 Å². The molecular weight excluding hydrogens is 192 g/mol. The minimum Gasteiger partial charge on any atom is -0.486 e. The molecule has 0 saturated heterocycles. The number of hydrogen-bond donors (Lipinski definition) is 0. The molecule has 2 rings (SSSR count). The van der Waals surface area contributed by atoms with Crippen molar-refractivity contribution in [2.24, 2.45) is 0 Å². The minimum absolute atomic E-state index is 0.538. The van der Waals surface area contributed by atoms with Crippen LogP contribution < -0.4 is 0 Å². The largest absolute Gasteiger partial charge is 0.486 e. The standard InChI is InChI=1S/C12H10OS/c1-13-12(14)11-7-6-9-4-2-3-5-10(9)8-11/h2-8H,1H3. The van der Waals surface area contributed by atoms with Gasteiger partial charge in [-0.2, -0.15) is 0 Å². The lowest BCUT2D eigenvalue weighted by atomic mass is 10.1. The average Bonchev–Trinajstić information content (AvgIpc) is 2.27. The average molecular weight is 202 g/mol. The Morgan fingerprint density at radius 2 is 1.79 bits per heavy atom. The third kappa shape index (κ3) is 1.61. The number of thiocarbonyl (C=S) groups is 1. The predicted molar refractivity (Wildman–Crippen MR) is 62.7 cm³/mol. The first-order valence-electron chi connectivity index (χ1n) is 4.38. The smallest absolute Gasteiger partial charge is 0.190 e. The van der Waals surface area contributed by atoms with Gasteiger partial charge in [-0.3, -0.25) is 0 Å². The number of fused-ring (bicyclic) bond motifs is 1. The normalized spacial score (nSPS) is 10.1. The SMILES string of the molecule is COC(=S)c1ccc2ccccc2c1. The molecule has 0 spiro atoms. The number of benzene rings is 2. The lowest BCUT2D eigenvalue weighted by Gasteiger charge is -2.03. The van der Waals surface area contributed by atoms with Gasteiger partial charge in [0, 0.05) is 5.56 Å². The third-order valence-corrected chi connectivity index (χ3v) is 2.57. The molecule has 2 heteroatoms. The first kappa shape index (κ1) is 9.16. The fourth-order valence-corrected chi connectivity index (χ4v) is 1.56. The number of methoxy groups -OCH3 is 1. The highest BCUT2D eigenvalue weighted by atomic mass is 32.1. The van der Waals surface area contributed by atoms with E-state index in [2.05, 4.69) is 18.2 Å². The first-order valence-corrected chi connectivity index (χ1v) is 4.79. The van der Waals surface area contributed by atoms with Gasteiger partial charge in [0.05, 0.1) is 7.11 Å². The van der Waals surface area contributed by atoms with Crippen molar-refractivity contribution in [3.63, 3.8) is 0 Å². The Labute approximate surface area is 88.3 Å². The highest BCUT2D eigenvalue weighted by Gasteiger charge is 2.00. The van der Waals surface area contributed by atoms with Crippen LogP contribution in [0.15, 0.2) is 42.5 Å². The van der Waals surface area contributed by atoms with Crippen LogP contribution in [0.2, 0.25) is 0 Å². The molecule has 0 bridgehead atoms. The molecule has 0 fully saturated rings. The second-order valence-corrected chi connectivity index (χ2v) is 3.42. The molecule has 0 heterocycles. The van der Waals surface area contributed by atoms with Gasteiger partial charge in [0.25, 0.3) is 0 Å². The van der Waals surface area contributed by atoms with E-state index in [9.17, 15) is 0 Å². The van der Waals surface area contributed by atoms with E-state index in [0.717, 1.165) is 5.56 Å². The summed E-state index contributed by atoms with van der Waals surface area (Å²) >= 11 is 5.06. The Morgan fingerprint density at radius 3 is 2.50 bits per heavy atom. The van der Waals surface area contributed by atoms with Gasteiger partial charge in [-0.25, -0.2) is 0 Å². The van der Waals surface area contributed by atoms with E-state index in [1.165, 1.54) is 10.8 Å². The maximum Gasteiger partial charge on any atom is 0.190 e. The number of rotatable bonds is 1. The van der Waals surface area contributed by atoms with E-state index < -0.39 is 0 Å². The lowest BCUT2D eigenvalue weighted by Crippen LogP contribution is -1.98. The van der Waals surface area contributed by atoms with Crippen LogP contribution in [-0.2, 0) is 4.74 Å². The van der Waals surface area contributed by atoms with Crippen molar-refractivity contribution >= 4 is 28.0 Å². The molecule has 0 aliphatic rings. The van der Waals surface area contributed by atoms with Gasteiger partial charge in [-0.15, -0.1) is 0 Å². The molecule has 0 saturated carbocycles. The molecule has 2 aromatic rings. The summed E-state index contributed by atoms with van der Waals surface area (Å²) in [6.45, 7) is 0. The Morgan fingerprint density at radius 1 is 1.07 bits per heavy atom. The molecule has 0 amide bonds. The summed E-state index contributed by atoms with van der Waals surface area (Å²) in [7, 11) is 1.59. The van der Waals surface area contributed by atoms with E-state index in [1.807, 2.05) is 24.3 Å². The highest BCUT2D eigenvalue weighted by molar-refractivity contribution is 7.80. The van der Waals surface area contributed by atoms with Gasteiger partial charge in [0.2, 0.25) is 0 Å². The topological polar surface area (TPSA) is 9.23 Å². The summed E-state index contributed by atoms with van der Waals surface area (Å²) < 4.78 is 5.02. The zero-order valence-corrected chi connectivity index (χ0v) is 8.67. The molecule has 0 aliphatic heterocycles. The molecule has 14 heavy (non-hydrogen) atoms. The van der Waals surface area contributed by atoms with Crippen molar-refractivity contribution in [2.75, 3.05) is 7.11 Å². The monoisotopic (exact) mass is 202 g/mol. The predicted octanol–water partition coefficient (Wildman–Crippen LogP) is 3.16. The van der Waals surface area contributed by atoms with Crippen LogP contribution in [0.1, 0.15) is 5.56 Å². The van der Waals surface area contributed by atoms with Crippen LogP contribution in [0.25, 0.3) is 10.8 Å². The summed E-state index contributed by atoms with van der Waals surface area (Å²) in [6.07, 6.45) is 0. The fourth-order valence-electron chi connectivity index (χ4n) is 1.43. The van der Waals surface area contributed by atoms with Crippen LogP contribution in [0.4, 0.5) is 0 Å². The molecule has 0 N–H and O–H groups in total. The zero-order valence-electron chi connectivity index (χ0n) is 7.86. The van der Waals surface area contributed by atoms with E-state index >= 15 is 0 Å². The summed E-state index contributed by atoms with van der Waals surface area (Å²) in [5.74, 6) is 0. The maximum atomic E-state index is 5.06. The van der Waals surface area contributed by atoms with Crippen molar-refractivity contribution in [2.45, 2.75) is 0 Å². The fraction of sp³-hybridized carbons (Fsp3) is 0.0833. The summed E-state index contributed by atoms with van der Waals surface area (Å²) in [5, 5.41) is 2.94. The second-order valence-electron chi connectivity index (χ2n) is 3.05. The Balaban J connectivity index is 2.56. The first-order chi connectivity index (χ1) is 6.81. The molecule has 70 valence electrons. The van der Waals surface area contributed by atoms with Gasteiger partial charge in [-0.05, 0) is 35.1 Å². The molecule has 0 aromatic heterocycles. The van der Waals surface area contributed by atoms with Crippen LogP contribution in [0.5, 0.6) is 0 Å². The second kappa shape index (κ2) is 3.76. The zero-order chi connectivity index (χ0) is 9.97. The quantitative estimate of drug-likeness (QED) is 0.657. The van der Waals surface area contributed by atoms with E-state index in [1.54, 1.807) is 7.11 Å². The summed E-state index contributed by atoms with van der Waals surface area (Å²) in [5.41, 5.74) is 0.959. The minimum atomic E-state index is 0.538. The maximum absolute atomic E-state index is 5.06. The summed E-state index contributed by atoms with van der Waals surface area (Å²) in [6, 6.07) is 14.3. The van der Waals surface area contributed by atoms with Crippen LogP contribution in [0.3, 0.4) is 0 Å². The number of hydrogen-bond acceptors (Lipinski definition) is 2. The summed E-state index contributed by atoms with van der Waals surface area (Å²) in [4.78, 5) is 0. The Bertz CT molecular complexity index is 476. The van der Waals surface area contributed by atoms with Crippen molar-refractivity contribution < 1.29 is 4.74 Å².